The van der Waals surface area contributed by atoms with Crippen molar-refractivity contribution in [2.24, 2.45) is 5.92 Å². The van der Waals surface area contributed by atoms with Gasteiger partial charge in [0.15, 0.2) is 0 Å². The standard InChI is InChI=1S/C17H18N2O2/c1-21-16-8-13(10-18-11-16)7-14-9-17(20)19(12-14)15-5-3-2-4-6-15/h2-6,8,10-11,14H,7,9,12H2,1H3. The quantitative estimate of drug-likeness (QED) is 0.866. The molecule has 1 aromatic carbocycles. The first-order valence-electron chi connectivity index (χ1n) is 7.09. The summed E-state index contributed by atoms with van der Waals surface area (Å²) in [7, 11) is 1.64. The van der Waals surface area contributed by atoms with Crippen LogP contribution < -0.4 is 9.64 Å². The summed E-state index contributed by atoms with van der Waals surface area (Å²) in [5.74, 6) is 1.28. The SMILES string of the molecule is COc1cncc(CC2CC(=O)N(c3ccccc3)C2)c1. The first-order chi connectivity index (χ1) is 10.3. The summed E-state index contributed by atoms with van der Waals surface area (Å²) in [6, 6.07) is 11.8. The fourth-order valence-corrected chi connectivity index (χ4v) is 2.80. The monoisotopic (exact) mass is 282 g/mol. The average Bonchev–Trinajstić information content (AvgIpc) is 2.89. The van der Waals surface area contributed by atoms with Gasteiger partial charge in [-0.1, -0.05) is 18.2 Å². The summed E-state index contributed by atoms with van der Waals surface area (Å²) >= 11 is 0. The zero-order valence-corrected chi connectivity index (χ0v) is 12.0. The van der Waals surface area contributed by atoms with E-state index < -0.39 is 0 Å². The van der Waals surface area contributed by atoms with E-state index in [0.717, 1.165) is 30.0 Å². The minimum Gasteiger partial charge on any atom is -0.495 e. The number of methoxy groups -OCH3 is 1. The van der Waals surface area contributed by atoms with Gasteiger partial charge in [0.2, 0.25) is 5.91 Å². The van der Waals surface area contributed by atoms with Crippen molar-refractivity contribution in [2.45, 2.75) is 12.8 Å². The highest BCUT2D eigenvalue weighted by molar-refractivity contribution is 5.95. The molecule has 0 bridgehead atoms. The number of pyridine rings is 1. The molecule has 0 N–H and O–H groups in total. The van der Waals surface area contributed by atoms with E-state index in [1.54, 1.807) is 13.3 Å². The van der Waals surface area contributed by atoms with E-state index >= 15 is 0 Å². The van der Waals surface area contributed by atoms with Crippen molar-refractivity contribution in [3.8, 4) is 5.75 Å². The molecule has 1 atom stereocenters. The molecule has 108 valence electrons. The van der Waals surface area contributed by atoms with Crippen LogP contribution in [0.3, 0.4) is 0 Å². The first-order valence-corrected chi connectivity index (χ1v) is 7.09. The van der Waals surface area contributed by atoms with Crippen molar-refractivity contribution in [1.29, 1.82) is 0 Å². The first kappa shape index (κ1) is 13.6. The van der Waals surface area contributed by atoms with E-state index in [9.17, 15) is 4.79 Å². The van der Waals surface area contributed by atoms with Gasteiger partial charge in [0.1, 0.15) is 5.75 Å². The maximum atomic E-state index is 12.2. The maximum Gasteiger partial charge on any atom is 0.227 e. The Morgan fingerprint density at radius 1 is 1.29 bits per heavy atom. The van der Waals surface area contributed by atoms with Crippen LogP contribution in [0.5, 0.6) is 5.75 Å². The molecule has 1 aliphatic rings. The lowest BCUT2D eigenvalue weighted by molar-refractivity contribution is -0.117. The van der Waals surface area contributed by atoms with Crippen LogP contribution in [-0.4, -0.2) is 24.5 Å². The van der Waals surface area contributed by atoms with E-state index in [0.29, 0.717) is 12.3 Å². The maximum absolute atomic E-state index is 12.2. The minimum atomic E-state index is 0.196. The van der Waals surface area contributed by atoms with Crippen molar-refractivity contribution in [3.05, 3.63) is 54.4 Å². The number of para-hydroxylation sites is 1. The molecule has 2 heterocycles. The van der Waals surface area contributed by atoms with Crippen LogP contribution >= 0.6 is 0 Å². The van der Waals surface area contributed by atoms with Gasteiger partial charge in [-0.05, 0) is 36.1 Å². The molecule has 21 heavy (non-hydrogen) atoms. The topological polar surface area (TPSA) is 42.4 Å². The van der Waals surface area contributed by atoms with Gasteiger partial charge < -0.3 is 9.64 Å². The van der Waals surface area contributed by atoms with E-state index in [-0.39, 0.29) is 5.91 Å². The molecule has 0 saturated carbocycles. The number of amides is 1. The molecule has 4 nitrogen and oxygen atoms in total. The van der Waals surface area contributed by atoms with E-state index in [2.05, 4.69) is 4.98 Å². The highest BCUT2D eigenvalue weighted by Crippen LogP contribution is 2.27. The molecular formula is C17H18N2O2. The number of anilines is 1. The van der Waals surface area contributed by atoms with Crippen LogP contribution in [0.4, 0.5) is 5.69 Å². The minimum absolute atomic E-state index is 0.196. The molecule has 0 aliphatic carbocycles. The zero-order chi connectivity index (χ0) is 14.7. The van der Waals surface area contributed by atoms with Crippen LogP contribution in [0, 0.1) is 5.92 Å². The third-order valence-electron chi connectivity index (χ3n) is 3.80. The molecule has 1 fully saturated rings. The predicted octanol–water partition coefficient (Wildman–Crippen LogP) is 2.69. The average molecular weight is 282 g/mol. The molecule has 2 aromatic rings. The molecule has 1 unspecified atom stereocenters. The van der Waals surface area contributed by atoms with Gasteiger partial charge in [-0.2, -0.15) is 0 Å². The zero-order valence-electron chi connectivity index (χ0n) is 12.0. The van der Waals surface area contributed by atoms with E-state index in [1.807, 2.05) is 47.5 Å². The van der Waals surface area contributed by atoms with Gasteiger partial charge >= 0.3 is 0 Å². The Hall–Kier alpha value is -2.36. The van der Waals surface area contributed by atoms with Crippen LogP contribution in [0.1, 0.15) is 12.0 Å². The Balaban J connectivity index is 1.70. The molecule has 0 radical (unpaired) electrons. The Morgan fingerprint density at radius 3 is 2.86 bits per heavy atom. The molecule has 3 rings (SSSR count). The van der Waals surface area contributed by atoms with Crippen molar-refractivity contribution >= 4 is 11.6 Å². The predicted molar refractivity (Wildman–Crippen MR) is 81.4 cm³/mol. The van der Waals surface area contributed by atoms with Gasteiger partial charge in [-0.15, -0.1) is 0 Å². The normalized spacial score (nSPS) is 18.0. The summed E-state index contributed by atoms with van der Waals surface area (Å²) in [5, 5.41) is 0. The second-order valence-corrected chi connectivity index (χ2v) is 5.35. The molecular weight excluding hydrogens is 264 g/mol. The van der Waals surface area contributed by atoms with Crippen LogP contribution in [0.2, 0.25) is 0 Å². The number of nitrogens with zero attached hydrogens (tertiary/aromatic N) is 2. The number of ether oxygens (including phenoxy) is 1. The van der Waals surface area contributed by atoms with E-state index in [4.69, 9.17) is 4.74 Å². The Morgan fingerprint density at radius 2 is 2.10 bits per heavy atom. The summed E-state index contributed by atoms with van der Waals surface area (Å²) in [6.07, 6.45) is 4.98. The van der Waals surface area contributed by atoms with Crippen LogP contribution in [0.25, 0.3) is 0 Å². The number of rotatable bonds is 4. The number of benzene rings is 1. The molecule has 1 saturated heterocycles. The smallest absolute Gasteiger partial charge is 0.227 e. The van der Waals surface area contributed by atoms with Gasteiger partial charge in [-0.25, -0.2) is 0 Å². The summed E-state index contributed by atoms with van der Waals surface area (Å²) in [4.78, 5) is 18.2. The molecule has 4 heteroatoms. The lowest BCUT2D eigenvalue weighted by Crippen LogP contribution is -2.24. The van der Waals surface area contributed by atoms with Gasteiger partial charge in [0.25, 0.3) is 0 Å². The summed E-state index contributed by atoms with van der Waals surface area (Å²) < 4.78 is 5.19. The van der Waals surface area contributed by atoms with Crippen LogP contribution in [-0.2, 0) is 11.2 Å². The lowest BCUT2D eigenvalue weighted by atomic mass is 10.00. The summed E-state index contributed by atoms with van der Waals surface area (Å²) in [5.41, 5.74) is 2.09. The van der Waals surface area contributed by atoms with Crippen LogP contribution in [0.15, 0.2) is 48.8 Å². The fourth-order valence-electron chi connectivity index (χ4n) is 2.80. The third kappa shape index (κ3) is 3.05. The molecule has 0 spiro atoms. The Bertz CT molecular complexity index is 628. The molecule has 1 aliphatic heterocycles. The molecule has 1 amide bonds. The Kier molecular flexibility index (Phi) is 3.86. The van der Waals surface area contributed by atoms with Crippen molar-refractivity contribution < 1.29 is 9.53 Å². The Labute approximate surface area is 124 Å². The number of carbonyl (C=O) groups is 1. The largest absolute Gasteiger partial charge is 0.495 e. The lowest BCUT2D eigenvalue weighted by Gasteiger charge is -2.16. The van der Waals surface area contributed by atoms with Gasteiger partial charge in [-0.3, -0.25) is 9.78 Å². The summed E-state index contributed by atoms with van der Waals surface area (Å²) in [6.45, 7) is 0.764. The molecule has 1 aromatic heterocycles. The van der Waals surface area contributed by atoms with Crippen molar-refractivity contribution in [2.75, 3.05) is 18.6 Å². The number of hydrogen-bond donors (Lipinski definition) is 0. The fraction of sp³-hybridized carbons (Fsp3) is 0.294. The second kappa shape index (κ2) is 5.95. The van der Waals surface area contributed by atoms with Gasteiger partial charge in [0.05, 0.1) is 13.3 Å². The number of carbonyl (C=O) groups excluding carboxylic acids is 1. The number of aromatic nitrogens is 1. The highest BCUT2D eigenvalue weighted by atomic mass is 16.5. The number of hydrogen-bond acceptors (Lipinski definition) is 3. The second-order valence-electron chi connectivity index (χ2n) is 5.35. The third-order valence-corrected chi connectivity index (χ3v) is 3.80. The van der Waals surface area contributed by atoms with Crippen molar-refractivity contribution in [1.82, 2.24) is 4.98 Å². The van der Waals surface area contributed by atoms with Crippen molar-refractivity contribution in [3.63, 3.8) is 0 Å². The van der Waals surface area contributed by atoms with Gasteiger partial charge in [0, 0.05) is 24.8 Å². The highest BCUT2D eigenvalue weighted by Gasteiger charge is 2.30. The van der Waals surface area contributed by atoms with E-state index in [1.165, 1.54) is 0 Å².